The molecule has 0 radical (unpaired) electrons. The molecule has 0 N–H and O–H groups in total. The van der Waals surface area contributed by atoms with Crippen molar-refractivity contribution in [2.45, 2.75) is 235 Å². The van der Waals surface area contributed by atoms with Gasteiger partial charge in [0.2, 0.25) is 28.5 Å². The van der Waals surface area contributed by atoms with Crippen molar-refractivity contribution in [2.24, 2.45) is 88.0 Å². The highest BCUT2D eigenvalue weighted by atomic mass is 14.9. The van der Waals surface area contributed by atoms with E-state index in [0.717, 1.165) is 83.8 Å². The van der Waals surface area contributed by atoms with Crippen molar-refractivity contribution >= 4 is 0 Å². The van der Waals surface area contributed by atoms with Gasteiger partial charge in [-0.05, 0) is 273 Å². The van der Waals surface area contributed by atoms with Crippen molar-refractivity contribution in [1.82, 2.24) is 0 Å². The number of fused-ring (bicyclic) bond motifs is 5. The molecule has 2 unspecified atom stereocenters. The summed E-state index contributed by atoms with van der Waals surface area (Å²) < 4.78 is 124. The third-order valence-electron chi connectivity index (χ3n) is 22.9. The molecular weight excluding hydrogens is 1320 g/mol. The first-order valence-electron chi connectivity index (χ1n) is 47.2. The van der Waals surface area contributed by atoms with Crippen LogP contribution in [0.25, 0.3) is 56.3 Å². The van der Waals surface area contributed by atoms with Crippen molar-refractivity contribution in [2.75, 3.05) is 0 Å². The van der Waals surface area contributed by atoms with Gasteiger partial charge in [0.15, 0.2) is 31.0 Å². The molecule has 5 aromatic heterocycles. The molecule has 0 aliphatic heterocycles. The molecule has 1 fully saturated rings. The van der Waals surface area contributed by atoms with Crippen molar-refractivity contribution in [3.05, 3.63) is 266 Å². The molecule has 0 spiro atoms. The summed E-state index contributed by atoms with van der Waals surface area (Å²) in [6.45, 7) is 44.7. The van der Waals surface area contributed by atoms with E-state index in [4.69, 9.17) is 16.4 Å². The number of hydrogen-bond acceptors (Lipinski definition) is 0. The van der Waals surface area contributed by atoms with Crippen LogP contribution in [0, 0.1) is 115 Å². The summed E-state index contributed by atoms with van der Waals surface area (Å²) in [6, 6.07) is 51.3. The van der Waals surface area contributed by atoms with Gasteiger partial charge in [-0.25, -0.2) is 22.8 Å². The molecule has 2 atom stereocenters. The van der Waals surface area contributed by atoms with Gasteiger partial charge in [0.25, 0.3) is 0 Å². The molecule has 0 saturated heterocycles. The van der Waals surface area contributed by atoms with E-state index in [1.165, 1.54) is 39.2 Å². The molecule has 2 bridgehead atoms. The molecule has 5 nitrogen and oxygen atoms in total. The van der Waals surface area contributed by atoms with Crippen LogP contribution in [0.4, 0.5) is 0 Å². The third kappa shape index (κ3) is 20.1. The topological polar surface area (TPSA) is 19.4 Å². The molecular formula is C104H144N5+5. The monoisotopic (exact) mass is 1480 g/mol. The minimum absolute atomic E-state index is 0.208. The molecule has 12 rings (SSSR count). The van der Waals surface area contributed by atoms with E-state index >= 15 is 0 Å². The maximum absolute atomic E-state index is 9.36. The molecule has 5 aromatic carbocycles. The van der Waals surface area contributed by atoms with E-state index in [-0.39, 0.29) is 35.5 Å². The van der Waals surface area contributed by atoms with E-state index in [2.05, 4.69) is 271 Å². The Labute approximate surface area is 684 Å². The molecule has 109 heavy (non-hydrogen) atoms. The fourth-order valence-electron chi connectivity index (χ4n) is 18.0. The summed E-state index contributed by atoms with van der Waals surface area (Å²) in [5.74, 6) is 0.00666. The van der Waals surface area contributed by atoms with Gasteiger partial charge in [-0.3, -0.25) is 0 Å². The Morgan fingerprint density at radius 1 is 0.339 bits per heavy atom. The van der Waals surface area contributed by atoms with E-state index in [9.17, 15) is 2.74 Å². The Hall–Kier alpha value is -8.15. The van der Waals surface area contributed by atoms with Gasteiger partial charge in [-0.1, -0.05) is 191 Å². The number of benzene rings is 5. The number of pyridine rings is 5. The Morgan fingerprint density at radius 2 is 0.725 bits per heavy atom. The first-order chi connectivity index (χ1) is 56.7. The zero-order valence-electron chi connectivity index (χ0n) is 86.2. The first-order valence-corrected chi connectivity index (χ1v) is 40.2. The highest BCUT2D eigenvalue weighted by Gasteiger charge is 2.54. The largest absolute Gasteiger partial charge is 0.216 e. The van der Waals surface area contributed by atoms with Crippen molar-refractivity contribution in [1.29, 1.82) is 0 Å². The van der Waals surface area contributed by atoms with Gasteiger partial charge in [0, 0.05) is 106 Å². The van der Waals surface area contributed by atoms with Crippen LogP contribution in [0.2, 0.25) is 0 Å². The van der Waals surface area contributed by atoms with Crippen molar-refractivity contribution in [3.63, 3.8) is 0 Å². The Morgan fingerprint density at radius 3 is 1.12 bits per heavy atom. The van der Waals surface area contributed by atoms with Crippen LogP contribution in [-0.4, -0.2) is 0 Å². The number of aryl methyl sites for hydroxylation is 14. The van der Waals surface area contributed by atoms with Crippen LogP contribution < -0.4 is 22.8 Å². The molecule has 5 heterocycles. The quantitative estimate of drug-likeness (QED) is 0.0810. The fourth-order valence-corrected chi connectivity index (χ4v) is 18.0. The zero-order chi connectivity index (χ0) is 92.6. The molecule has 0 amide bonds. The third-order valence-corrected chi connectivity index (χ3v) is 22.9. The first kappa shape index (κ1) is 67.7. The van der Waals surface area contributed by atoms with Crippen LogP contribution in [0.1, 0.15) is 275 Å². The molecule has 10 aromatic rings. The molecule has 2 aliphatic carbocycles. The summed E-state index contributed by atoms with van der Waals surface area (Å²) in [4.78, 5) is 0. The SMILES string of the molecule is Cc1cc(C(C(C)C)C(C)C)ccc1-c1cccc[n+]1C.[2H]C([2H])([2H])c1c[n+](C)c(-c2ccc(C([2H])(C(C)C)C(C)C)cc2C)cc1C.[2H]C([2H])([2H])c1ccc(-c2c3c(cc[n+]2C)C2([2H])CCC3([2H])C2(C)C)c(C)c1.[2H]C([2H])([2H])c1ccc(-c2ccc(C([2H])(C(C)C)C(C)C)cc2C)[n+](C)c1.[2H]C(c1ccc(-c2cccc[n+]2C)c(C)c1)(C(C)C)C(C)C. The summed E-state index contributed by atoms with van der Waals surface area (Å²) in [5.41, 5.74) is 24.6. The summed E-state index contributed by atoms with van der Waals surface area (Å²) in [7, 11) is 9.89. The number of hydrogen-bond donors (Lipinski definition) is 0. The zero-order valence-corrected chi connectivity index (χ0v) is 72.2. The second kappa shape index (κ2) is 37.2. The lowest BCUT2D eigenvalue weighted by molar-refractivity contribution is -0.661. The maximum Gasteiger partial charge on any atom is 0.216 e. The number of rotatable bonds is 17. The second-order valence-electron chi connectivity index (χ2n) is 34.3. The van der Waals surface area contributed by atoms with E-state index < -0.39 is 55.4 Å². The Bertz CT molecular complexity index is 5360. The average molecular weight is 1480 g/mol. The van der Waals surface area contributed by atoms with Gasteiger partial charge >= 0.3 is 0 Å². The maximum atomic E-state index is 9.36. The van der Waals surface area contributed by atoms with Crippen LogP contribution in [0.15, 0.2) is 183 Å². The normalized spacial score (nSPS) is 18.2. The second-order valence-corrected chi connectivity index (χ2v) is 34.3. The van der Waals surface area contributed by atoms with Crippen molar-refractivity contribution < 1.29 is 42.0 Å². The van der Waals surface area contributed by atoms with Crippen LogP contribution >= 0.6 is 0 Å². The fraction of sp³-hybridized carbons (Fsp3) is 0.471. The van der Waals surface area contributed by atoms with E-state index in [1.807, 2.05) is 105 Å². The van der Waals surface area contributed by atoms with Crippen LogP contribution in [0.3, 0.4) is 0 Å². The summed E-state index contributed by atoms with van der Waals surface area (Å²) in [6.07, 6.45) is 10.9. The summed E-state index contributed by atoms with van der Waals surface area (Å²) >= 11 is 0. The van der Waals surface area contributed by atoms with Crippen LogP contribution in [-0.2, 0) is 35.2 Å². The summed E-state index contributed by atoms with van der Waals surface area (Å²) in [5, 5.41) is 0. The van der Waals surface area contributed by atoms with E-state index in [1.54, 1.807) is 30.6 Å². The molecule has 1 saturated carbocycles. The minimum atomic E-state index is -2.13. The highest BCUT2D eigenvalue weighted by molar-refractivity contribution is 5.70. The van der Waals surface area contributed by atoms with Crippen molar-refractivity contribution in [3.8, 4) is 56.3 Å². The Kier molecular flexibility index (Phi) is 23.1. The lowest BCUT2D eigenvalue weighted by Gasteiger charge is -2.26. The smallest absolute Gasteiger partial charge is 0.201 e. The highest BCUT2D eigenvalue weighted by Crippen LogP contribution is 2.65. The minimum Gasteiger partial charge on any atom is -0.201 e. The van der Waals surface area contributed by atoms with Gasteiger partial charge < -0.3 is 0 Å². The van der Waals surface area contributed by atoms with Gasteiger partial charge in [0.05, 0.1) is 0 Å². The van der Waals surface area contributed by atoms with Crippen LogP contribution in [0.5, 0.6) is 0 Å². The standard InChI is InChI=1S/C22H32N.C21H26N.C21H30N.2C20H28N/c1-14(2)22(15(3)4)19-9-10-20(17(6)11-19)21-12-16(5)18(7)13-23(21)8;1-13-6-7-15(14(2)12-13)20-19-16(10-11-22(20)5)17-8-9-18(19)21(17,3)4;1-14(2)21(15(3)4)18-9-10-19(17(6)12-18)20-11-8-16(5)13-22(20)7;2*1-14(2)20(15(3)4)17-10-11-18(16(5)13-17)19-9-7-8-12-21(19)6/h9-15,22H,1-8H3;6-7,10-12,17-18H,8-9H2,1-5H3;8-15,21H,1-7H3;2*7-15,20H,1-6H3/q5*+1/i7D3,22D;1D3,17D,18D;5D3,21D;20D;. The lowest BCUT2D eigenvalue weighted by Crippen LogP contribution is -2.33. The van der Waals surface area contributed by atoms with Gasteiger partial charge in [-0.15, -0.1) is 0 Å². The predicted molar refractivity (Wildman–Crippen MR) is 466 cm³/mol. The Balaban J connectivity index is 0.000000192. The molecule has 2 aliphatic rings. The van der Waals surface area contributed by atoms with Gasteiger partial charge in [-0.2, -0.15) is 0 Å². The predicted octanol–water partition coefficient (Wildman–Crippen LogP) is 25.2. The number of aromatic nitrogens is 5. The number of nitrogens with zero attached hydrogens (tertiary/aromatic N) is 5. The van der Waals surface area contributed by atoms with Gasteiger partial charge in [0.1, 0.15) is 35.2 Å². The molecule has 580 valence electrons. The molecule has 5 heteroatoms. The average Bonchev–Trinajstić information content (AvgIpc) is 1.50. The lowest BCUT2D eigenvalue weighted by atomic mass is 9.79. The van der Waals surface area contributed by atoms with E-state index in [0.29, 0.717) is 47.3 Å².